The molecule has 3 rings (SSSR count). The molecule has 0 N–H and O–H groups in total. The number of benzene rings is 2. The Morgan fingerprint density at radius 3 is 2.14 bits per heavy atom. The van der Waals surface area contributed by atoms with Crippen LogP contribution in [0.1, 0.15) is 81.5 Å². The van der Waals surface area contributed by atoms with Crippen molar-refractivity contribution in [3.63, 3.8) is 0 Å². The van der Waals surface area contributed by atoms with Gasteiger partial charge in [0.25, 0.3) is 0 Å². The third-order valence-electron chi connectivity index (χ3n) is 5.52. The van der Waals surface area contributed by atoms with E-state index in [9.17, 15) is 4.79 Å². The lowest BCUT2D eigenvalue weighted by Crippen LogP contribution is -2.22. The molecule has 1 aliphatic heterocycles. The minimum Gasteiger partial charge on any atom is -0.453 e. The zero-order valence-corrected chi connectivity index (χ0v) is 17.2. The van der Waals surface area contributed by atoms with Gasteiger partial charge in [-0.1, -0.05) is 76.8 Å². The number of para-hydroxylation sites is 2. The zero-order chi connectivity index (χ0) is 19.6. The summed E-state index contributed by atoms with van der Waals surface area (Å²) >= 11 is 0. The number of hydrogen-bond acceptors (Lipinski definition) is 3. The molecule has 0 aromatic heterocycles. The van der Waals surface area contributed by atoms with Crippen molar-refractivity contribution >= 4 is 17.7 Å². The molecule has 28 heavy (non-hydrogen) atoms. The minimum atomic E-state index is 0.650. The Bertz CT molecular complexity index is 756. The zero-order valence-electron chi connectivity index (χ0n) is 17.2. The molecule has 0 spiro atoms. The van der Waals surface area contributed by atoms with E-state index in [1.54, 1.807) is 0 Å². The number of unbranched alkanes of at least 4 members (excludes halogenated alkanes) is 9. The quantitative estimate of drug-likeness (QED) is 0.280. The van der Waals surface area contributed by atoms with Crippen LogP contribution in [0.3, 0.4) is 0 Å². The van der Waals surface area contributed by atoms with E-state index < -0.39 is 0 Å². The van der Waals surface area contributed by atoms with Crippen molar-refractivity contribution in [1.82, 2.24) is 0 Å². The Morgan fingerprint density at radius 1 is 0.786 bits per heavy atom. The molecule has 0 saturated carbocycles. The van der Waals surface area contributed by atoms with E-state index in [-0.39, 0.29) is 0 Å². The van der Waals surface area contributed by atoms with Gasteiger partial charge < -0.3 is 9.64 Å². The van der Waals surface area contributed by atoms with Gasteiger partial charge in [0.1, 0.15) is 6.29 Å². The van der Waals surface area contributed by atoms with Crippen LogP contribution in [0.5, 0.6) is 11.5 Å². The number of aldehydes is 1. The van der Waals surface area contributed by atoms with E-state index in [0.29, 0.717) is 5.56 Å². The van der Waals surface area contributed by atoms with Crippen molar-refractivity contribution in [3.05, 3.63) is 48.0 Å². The topological polar surface area (TPSA) is 29.5 Å². The predicted molar refractivity (Wildman–Crippen MR) is 117 cm³/mol. The Labute approximate surface area is 169 Å². The molecule has 0 atom stereocenters. The number of nitrogens with zero attached hydrogens (tertiary/aromatic N) is 1. The first-order valence-corrected chi connectivity index (χ1v) is 11.0. The summed E-state index contributed by atoms with van der Waals surface area (Å²) in [5.74, 6) is 1.64. The molecule has 1 heterocycles. The molecule has 150 valence electrons. The van der Waals surface area contributed by atoms with Gasteiger partial charge in [-0.15, -0.1) is 0 Å². The molecular weight excluding hydrogens is 346 g/mol. The summed E-state index contributed by atoms with van der Waals surface area (Å²) in [6, 6.07) is 13.9. The van der Waals surface area contributed by atoms with Crippen molar-refractivity contribution < 1.29 is 9.53 Å². The van der Waals surface area contributed by atoms with Gasteiger partial charge in [-0.2, -0.15) is 0 Å². The Balaban J connectivity index is 1.51. The van der Waals surface area contributed by atoms with Crippen molar-refractivity contribution in [2.45, 2.75) is 71.1 Å². The van der Waals surface area contributed by atoms with Gasteiger partial charge in [-0.25, -0.2) is 0 Å². The molecule has 0 saturated heterocycles. The first-order chi connectivity index (χ1) is 13.8. The fourth-order valence-electron chi connectivity index (χ4n) is 3.92. The van der Waals surface area contributed by atoms with Crippen LogP contribution in [0, 0.1) is 0 Å². The summed E-state index contributed by atoms with van der Waals surface area (Å²) in [7, 11) is 0. The van der Waals surface area contributed by atoms with Gasteiger partial charge in [0.15, 0.2) is 11.5 Å². The third-order valence-corrected chi connectivity index (χ3v) is 5.52. The standard InChI is InChI=1S/C25H33NO2/c1-2-3-4-5-6-7-8-9-10-13-18-26-22-14-11-12-15-24(22)28-25-19-21(20-27)16-17-23(25)26/h11-12,14-17,19-20H,2-10,13,18H2,1H3. The largest absolute Gasteiger partial charge is 0.453 e. The fraction of sp³-hybridized carbons (Fsp3) is 0.480. The maximum absolute atomic E-state index is 11.1. The highest BCUT2D eigenvalue weighted by molar-refractivity contribution is 5.83. The third kappa shape index (κ3) is 5.37. The average Bonchev–Trinajstić information content (AvgIpc) is 2.73. The molecule has 0 radical (unpaired) electrons. The van der Waals surface area contributed by atoms with Gasteiger partial charge in [-0.3, -0.25) is 4.79 Å². The van der Waals surface area contributed by atoms with Crippen LogP contribution in [-0.2, 0) is 0 Å². The SMILES string of the molecule is CCCCCCCCCCCCN1c2ccccc2Oc2cc(C=O)ccc21. The summed E-state index contributed by atoms with van der Waals surface area (Å²) < 4.78 is 6.05. The molecule has 0 unspecified atom stereocenters. The number of ether oxygens (including phenoxy) is 1. The molecular formula is C25H33NO2. The number of fused-ring (bicyclic) bond motifs is 2. The molecule has 0 bridgehead atoms. The monoisotopic (exact) mass is 379 g/mol. The second kappa shape index (κ2) is 10.9. The fourth-order valence-corrected chi connectivity index (χ4v) is 3.92. The molecule has 2 aromatic rings. The molecule has 3 nitrogen and oxygen atoms in total. The van der Waals surface area contributed by atoms with E-state index in [0.717, 1.165) is 35.7 Å². The summed E-state index contributed by atoms with van der Waals surface area (Å²) in [5, 5.41) is 0. The molecule has 1 aliphatic rings. The molecule has 2 aromatic carbocycles. The summed E-state index contributed by atoms with van der Waals surface area (Å²) in [5.41, 5.74) is 2.82. The van der Waals surface area contributed by atoms with Crippen LogP contribution >= 0.6 is 0 Å². The molecule has 3 heteroatoms. The molecule has 0 amide bonds. The predicted octanol–water partition coefficient (Wildman–Crippen LogP) is 7.66. The Morgan fingerprint density at radius 2 is 1.43 bits per heavy atom. The lowest BCUT2D eigenvalue weighted by molar-refractivity contribution is 0.112. The highest BCUT2D eigenvalue weighted by atomic mass is 16.5. The lowest BCUT2D eigenvalue weighted by atomic mass is 10.1. The number of carbonyl (C=O) groups is 1. The maximum Gasteiger partial charge on any atom is 0.151 e. The molecule has 0 aliphatic carbocycles. The summed E-state index contributed by atoms with van der Waals surface area (Å²) in [6.45, 7) is 3.25. The van der Waals surface area contributed by atoms with Gasteiger partial charge in [0, 0.05) is 12.1 Å². The van der Waals surface area contributed by atoms with Gasteiger partial charge in [0.2, 0.25) is 0 Å². The van der Waals surface area contributed by atoms with Gasteiger partial charge >= 0.3 is 0 Å². The Kier molecular flexibility index (Phi) is 7.95. The van der Waals surface area contributed by atoms with Crippen molar-refractivity contribution in [3.8, 4) is 11.5 Å². The number of carbonyl (C=O) groups excluding carboxylic acids is 1. The van der Waals surface area contributed by atoms with Gasteiger partial charge in [-0.05, 0) is 36.8 Å². The number of hydrogen-bond donors (Lipinski definition) is 0. The second-order valence-corrected chi connectivity index (χ2v) is 7.75. The van der Waals surface area contributed by atoms with E-state index in [2.05, 4.69) is 24.0 Å². The van der Waals surface area contributed by atoms with Crippen molar-refractivity contribution in [2.24, 2.45) is 0 Å². The lowest BCUT2D eigenvalue weighted by Gasteiger charge is -2.33. The number of rotatable bonds is 12. The van der Waals surface area contributed by atoms with E-state index in [1.165, 1.54) is 64.2 Å². The van der Waals surface area contributed by atoms with Crippen molar-refractivity contribution in [2.75, 3.05) is 11.4 Å². The first-order valence-electron chi connectivity index (χ1n) is 11.0. The van der Waals surface area contributed by atoms with E-state index in [1.807, 2.05) is 30.3 Å². The first kappa shape index (κ1) is 20.4. The van der Waals surface area contributed by atoms with Crippen LogP contribution in [0.15, 0.2) is 42.5 Å². The normalized spacial score (nSPS) is 12.2. The van der Waals surface area contributed by atoms with Crippen LogP contribution in [-0.4, -0.2) is 12.8 Å². The van der Waals surface area contributed by atoms with Crippen molar-refractivity contribution in [1.29, 1.82) is 0 Å². The smallest absolute Gasteiger partial charge is 0.151 e. The number of anilines is 2. The van der Waals surface area contributed by atoms with E-state index in [4.69, 9.17) is 4.74 Å². The van der Waals surface area contributed by atoms with Crippen LogP contribution in [0.4, 0.5) is 11.4 Å². The maximum atomic E-state index is 11.1. The van der Waals surface area contributed by atoms with Crippen LogP contribution in [0.25, 0.3) is 0 Å². The van der Waals surface area contributed by atoms with Crippen LogP contribution in [0.2, 0.25) is 0 Å². The highest BCUT2D eigenvalue weighted by Gasteiger charge is 2.23. The van der Waals surface area contributed by atoms with Gasteiger partial charge in [0.05, 0.1) is 11.4 Å². The summed E-state index contributed by atoms with van der Waals surface area (Å²) in [4.78, 5) is 13.5. The molecule has 0 fully saturated rings. The highest BCUT2D eigenvalue weighted by Crippen LogP contribution is 2.46. The van der Waals surface area contributed by atoms with Crippen LogP contribution < -0.4 is 9.64 Å². The Hall–Kier alpha value is -2.29. The average molecular weight is 380 g/mol. The minimum absolute atomic E-state index is 0.650. The van der Waals surface area contributed by atoms with E-state index >= 15 is 0 Å². The summed E-state index contributed by atoms with van der Waals surface area (Å²) in [6.07, 6.45) is 14.2. The second-order valence-electron chi connectivity index (χ2n) is 7.75.